The molecule has 0 N–H and O–H groups in total. The van der Waals surface area contributed by atoms with Crippen molar-refractivity contribution in [3.8, 4) is 0 Å². The molecule has 2 heteroatoms. The van der Waals surface area contributed by atoms with Crippen LogP contribution in [0.1, 0.15) is 4.44 Å². The van der Waals surface area contributed by atoms with Crippen molar-refractivity contribution >= 4 is 26.9 Å². The van der Waals surface area contributed by atoms with E-state index in [0.29, 0.717) is 14.5 Å². The summed E-state index contributed by atoms with van der Waals surface area (Å²) in [4.78, 5) is 12.0. The molecule has 46 valence electrons. The van der Waals surface area contributed by atoms with Crippen LogP contribution in [-0.2, 0) is 4.79 Å². The number of rotatable bonds is 2. The van der Waals surface area contributed by atoms with Crippen LogP contribution in [0.25, 0.3) is 6.08 Å². The summed E-state index contributed by atoms with van der Waals surface area (Å²) in [6, 6.07) is 4.05. The Kier molecular flexibility index (Phi) is 2.49. The molecule has 0 amide bonds. The molecule has 9 heavy (non-hydrogen) atoms. The van der Waals surface area contributed by atoms with Crippen molar-refractivity contribution in [2.75, 3.05) is 0 Å². The zero-order valence-corrected chi connectivity index (χ0v) is 6.49. The fourth-order valence-corrected chi connectivity index (χ4v) is 1.84. The predicted molar refractivity (Wildman–Crippen MR) is 38.5 cm³/mol. The van der Waals surface area contributed by atoms with Crippen molar-refractivity contribution in [1.29, 1.82) is 0 Å². The van der Waals surface area contributed by atoms with E-state index in [4.69, 9.17) is 0 Å². The molecule has 0 bridgehead atoms. The second-order valence-electron chi connectivity index (χ2n) is 1.51. The van der Waals surface area contributed by atoms with E-state index in [1.54, 1.807) is 0 Å². The number of allylic oxidation sites excluding steroid dienone is 1. The van der Waals surface area contributed by atoms with Crippen molar-refractivity contribution in [2.45, 2.75) is 0 Å². The van der Waals surface area contributed by atoms with Gasteiger partial charge >= 0.3 is 59.2 Å². The van der Waals surface area contributed by atoms with Crippen LogP contribution in [0.4, 0.5) is 0 Å². The molecule has 0 atom stereocenters. The van der Waals surface area contributed by atoms with Gasteiger partial charge in [0.15, 0.2) is 0 Å². The second kappa shape index (κ2) is 3.44. The number of carbonyl (C=O) groups is 1. The molecular weight excluding hydrogens is 179 g/mol. The molecule has 1 nitrogen and oxygen atoms in total. The predicted octanol–water partition coefficient (Wildman–Crippen LogP) is 0.956. The normalized spacial score (nSPS) is 10.2. The molecule has 0 aromatic carbocycles. The van der Waals surface area contributed by atoms with Crippen LogP contribution in [0.5, 0.6) is 0 Å². The van der Waals surface area contributed by atoms with Gasteiger partial charge in [-0.05, 0) is 0 Å². The maximum absolute atomic E-state index is 9.83. The van der Waals surface area contributed by atoms with Crippen LogP contribution in [0, 0.1) is 0 Å². The molecule has 0 radical (unpaired) electrons. The third-order valence-electron chi connectivity index (χ3n) is 0.882. The van der Waals surface area contributed by atoms with Crippen LogP contribution >= 0.6 is 0 Å². The Morgan fingerprint density at radius 1 is 1.56 bits per heavy atom. The van der Waals surface area contributed by atoms with Gasteiger partial charge in [-0.3, -0.25) is 0 Å². The molecule has 0 saturated heterocycles. The van der Waals surface area contributed by atoms with E-state index in [-0.39, 0.29) is 0 Å². The van der Waals surface area contributed by atoms with E-state index in [0.717, 1.165) is 6.29 Å². The Labute approximate surface area is 59.8 Å². The van der Waals surface area contributed by atoms with Gasteiger partial charge in [0.2, 0.25) is 0 Å². The first-order chi connectivity index (χ1) is 4.43. The second-order valence-corrected chi connectivity index (χ2v) is 3.57. The molecule has 1 rings (SSSR count). The Hall–Kier alpha value is -0.591. The molecule has 0 aliphatic heterocycles. The standard InChI is InChI=1S/C7H6OSe/c8-5-1-3-7-4-2-6-9-7/h1-6H. The number of hydrogen-bond donors (Lipinski definition) is 0. The minimum absolute atomic E-state index is 0.472. The summed E-state index contributed by atoms with van der Waals surface area (Å²) in [7, 11) is 0. The van der Waals surface area contributed by atoms with E-state index in [2.05, 4.69) is 4.94 Å². The third kappa shape index (κ3) is 2.00. The van der Waals surface area contributed by atoms with Gasteiger partial charge < -0.3 is 0 Å². The van der Waals surface area contributed by atoms with E-state index >= 15 is 0 Å². The van der Waals surface area contributed by atoms with Crippen molar-refractivity contribution in [3.05, 3.63) is 27.6 Å². The topological polar surface area (TPSA) is 17.1 Å². The monoisotopic (exact) mass is 186 g/mol. The van der Waals surface area contributed by atoms with Gasteiger partial charge in [0, 0.05) is 0 Å². The van der Waals surface area contributed by atoms with E-state index < -0.39 is 0 Å². The van der Waals surface area contributed by atoms with Crippen molar-refractivity contribution in [1.82, 2.24) is 0 Å². The maximum atomic E-state index is 9.83. The van der Waals surface area contributed by atoms with Crippen LogP contribution in [-0.4, -0.2) is 20.8 Å². The summed E-state index contributed by atoms with van der Waals surface area (Å²) in [6.07, 6.45) is 4.18. The Balaban J connectivity index is 2.67. The molecule has 1 aromatic heterocycles. The van der Waals surface area contributed by atoms with Gasteiger partial charge in [-0.2, -0.15) is 0 Å². The van der Waals surface area contributed by atoms with Crippen molar-refractivity contribution in [3.63, 3.8) is 0 Å². The van der Waals surface area contributed by atoms with Gasteiger partial charge in [0.1, 0.15) is 0 Å². The van der Waals surface area contributed by atoms with Crippen LogP contribution in [0.3, 0.4) is 0 Å². The molecule has 0 aliphatic carbocycles. The summed E-state index contributed by atoms with van der Waals surface area (Å²) >= 11 is 0.472. The Morgan fingerprint density at radius 2 is 2.44 bits per heavy atom. The van der Waals surface area contributed by atoms with E-state index in [1.165, 1.54) is 10.5 Å². The Morgan fingerprint density at radius 3 is 3.00 bits per heavy atom. The zero-order valence-electron chi connectivity index (χ0n) is 4.78. The number of aldehydes is 1. The fraction of sp³-hybridized carbons (Fsp3) is 0. The minimum atomic E-state index is 0.472. The molecule has 0 aliphatic rings. The van der Waals surface area contributed by atoms with E-state index in [1.807, 2.05) is 18.2 Å². The van der Waals surface area contributed by atoms with Crippen LogP contribution in [0.15, 0.2) is 23.1 Å². The molecular formula is C7H6OSe. The first-order valence-corrected chi connectivity index (χ1v) is 4.43. The quantitative estimate of drug-likeness (QED) is 0.381. The summed E-state index contributed by atoms with van der Waals surface area (Å²) in [5.74, 6) is 0. The molecule has 0 unspecified atom stereocenters. The van der Waals surface area contributed by atoms with Crippen molar-refractivity contribution < 1.29 is 4.79 Å². The fourth-order valence-electron chi connectivity index (χ4n) is 0.520. The number of hydrogen-bond acceptors (Lipinski definition) is 1. The van der Waals surface area contributed by atoms with Gasteiger partial charge in [0.05, 0.1) is 0 Å². The molecule has 1 aromatic rings. The van der Waals surface area contributed by atoms with E-state index in [9.17, 15) is 4.79 Å². The van der Waals surface area contributed by atoms with Gasteiger partial charge in [-0.25, -0.2) is 0 Å². The molecule has 0 spiro atoms. The molecule has 0 saturated carbocycles. The Bertz CT molecular complexity index is 199. The SMILES string of the molecule is O=CC=Cc1ccc[se]1. The third-order valence-corrected chi connectivity index (χ3v) is 2.64. The summed E-state index contributed by atoms with van der Waals surface area (Å²) in [5, 5.41) is 0. The van der Waals surface area contributed by atoms with Gasteiger partial charge in [0.25, 0.3) is 0 Å². The van der Waals surface area contributed by atoms with Crippen LogP contribution in [0.2, 0.25) is 0 Å². The van der Waals surface area contributed by atoms with Crippen molar-refractivity contribution in [2.24, 2.45) is 0 Å². The van der Waals surface area contributed by atoms with Crippen LogP contribution < -0.4 is 0 Å². The summed E-state index contributed by atoms with van der Waals surface area (Å²) in [6.45, 7) is 0. The molecule has 1 heterocycles. The van der Waals surface area contributed by atoms with Gasteiger partial charge in [-0.1, -0.05) is 0 Å². The number of carbonyl (C=O) groups excluding carboxylic acids is 1. The summed E-state index contributed by atoms with van der Waals surface area (Å²) < 4.78 is 1.26. The summed E-state index contributed by atoms with van der Waals surface area (Å²) in [5.41, 5.74) is 0. The zero-order chi connectivity index (χ0) is 6.53. The first kappa shape index (κ1) is 6.53. The first-order valence-electron chi connectivity index (χ1n) is 2.59. The van der Waals surface area contributed by atoms with Gasteiger partial charge in [-0.15, -0.1) is 0 Å². The average molecular weight is 185 g/mol. The average Bonchev–Trinajstić information content (AvgIpc) is 2.34. The molecule has 0 fully saturated rings.